The molecule has 11 rings (SSSR count). The van der Waals surface area contributed by atoms with E-state index < -0.39 is 0 Å². The Morgan fingerprint density at radius 3 is 1.77 bits per heavy atom. The third-order valence-electron chi connectivity index (χ3n) is 14.2. The molecule has 3 heteroatoms. The smallest absolute Gasteiger partial charge is 0.0423 e. The second-order valence-corrected chi connectivity index (χ2v) is 19.1. The van der Waals surface area contributed by atoms with Crippen molar-refractivity contribution in [3.63, 3.8) is 0 Å². The maximum atomic E-state index is 6.58. The molecule has 0 spiro atoms. The monoisotopic (exact) mass is 922 g/mol. The highest BCUT2D eigenvalue weighted by molar-refractivity contribution is 6.07. The van der Waals surface area contributed by atoms with Gasteiger partial charge in [-0.05, 0) is 157 Å². The minimum atomic E-state index is -0.0583. The van der Waals surface area contributed by atoms with E-state index in [4.69, 9.17) is 17.2 Å². The van der Waals surface area contributed by atoms with Crippen LogP contribution in [0.2, 0.25) is 0 Å². The zero-order chi connectivity index (χ0) is 49.8. The molecule has 0 amide bonds. The molecule has 358 valence electrons. The molecular weight excluding hydrogens is 847 g/mol. The summed E-state index contributed by atoms with van der Waals surface area (Å²) in [7, 11) is 0. The minimum Gasteiger partial charge on any atom is -0.398 e. The summed E-state index contributed by atoms with van der Waals surface area (Å²) in [5, 5.41) is 7.89. The lowest BCUT2D eigenvalue weighted by Crippen LogP contribution is -2.20. The fraction of sp³-hybridized carbons (Fsp3) is 0.254. The van der Waals surface area contributed by atoms with Crippen LogP contribution in [0.3, 0.4) is 0 Å². The molecule has 0 bridgehead atoms. The van der Waals surface area contributed by atoms with Gasteiger partial charge in [-0.3, -0.25) is 0 Å². The molecule has 0 aromatic heterocycles. The Kier molecular flexibility index (Phi) is 17.3. The van der Waals surface area contributed by atoms with Gasteiger partial charge in [-0.15, -0.1) is 0 Å². The summed E-state index contributed by atoms with van der Waals surface area (Å²) in [6, 6.07) is 46.2. The Hall–Kier alpha value is -6.78. The Morgan fingerprint density at radius 1 is 0.600 bits per heavy atom. The second kappa shape index (κ2) is 23.7. The predicted octanol–water partition coefficient (Wildman–Crippen LogP) is 17.3. The van der Waals surface area contributed by atoms with Crippen LogP contribution in [-0.4, -0.2) is 6.04 Å². The second-order valence-electron chi connectivity index (χ2n) is 19.1. The molecule has 4 aliphatic carbocycles. The van der Waals surface area contributed by atoms with Crippen molar-refractivity contribution in [2.24, 2.45) is 17.2 Å². The normalized spacial score (nSPS) is 16.4. The minimum absolute atomic E-state index is 0.0583. The van der Waals surface area contributed by atoms with E-state index in [0.29, 0.717) is 6.54 Å². The van der Waals surface area contributed by atoms with E-state index in [1.54, 1.807) is 0 Å². The summed E-state index contributed by atoms with van der Waals surface area (Å²) >= 11 is 0. The van der Waals surface area contributed by atoms with Gasteiger partial charge in [0.2, 0.25) is 0 Å². The molecule has 1 unspecified atom stereocenters. The maximum absolute atomic E-state index is 6.58. The molecule has 0 aliphatic heterocycles. The Balaban J connectivity index is 0.000000157. The van der Waals surface area contributed by atoms with Gasteiger partial charge in [0.1, 0.15) is 0 Å². The highest BCUT2D eigenvalue weighted by Crippen LogP contribution is 2.50. The van der Waals surface area contributed by atoms with Crippen LogP contribution in [0.15, 0.2) is 193 Å². The molecule has 4 aliphatic rings. The molecule has 0 saturated heterocycles. The van der Waals surface area contributed by atoms with E-state index in [2.05, 4.69) is 224 Å². The summed E-state index contributed by atoms with van der Waals surface area (Å²) in [5.74, 6) is 0. The molecule has 0 fully saturated rings. The van der Waals surface area contributed by atoms with Crippen molar-refractivity contribution in [1.82, 2.24) is 0 Å². The standard InChI is InChI=1S/C30H29N.C16H17N.C15H13N.C4H10.C2H6/c1-20(21-10-6-4-7-11-21)23-14-16-25-26-17-15-24(29(31)22-12-8-5-9-13-22)19-28(26)30(2,3)27(25)18-23;1-11(17)13-8-9-16-14(10-13)7-6-12-4-2-3-5-15(12)16;16-10-11-5-8-15-13(9-11)7-6-12-3-1-2-4-14(12)15;1-3-4-2;1-2/h4-10,12,14-19H,11,13,31H2,1-3H3;2-7,10-11H,8-9,17H2,1H3;1-9H,10,16H2;3-4H2,1-2H3;1-2H3/b21-20+,29-22-;;;;. The van der Waals surface area contributed by atoms with Gasteiger partial charge in [-0.1, -0.05) is 224 Å². The number of aryl methyl sites for hydroxylation is 1. The number of hydrogen-bond acceptors (Lipinski definition) is 3. The Labute approximate surface area is 419 Å². The molecule has 6 N–H and O–H groups in total. The number of rotatable bonds is 5. The lowest BCUT2D eigenvalue weighted by molar-refractivity contribution is 0.660. The van der Waals surface area contributed by atoms with Crippen LogP contribution in [0.1, 0.15) is 126 Å². The highest BCUT2D eigenvalue weighted by atomic mass is 14.6. The van der Waals surface area contributed by atoms with E-state index in [0.717, 1.165) is 36.9 Å². The summed E-state index contributed by atoms with van der Waals surface area (Å²) in [6.07, 6.45) is 26.2. The van der Waals surface area contributed by atoms with Gasteiger partial charge in [0.15, 0.2) is 0 Å². The first-order chi connectivity index (χ1) is 34.0. The lowest BCUT2D eigenvalue weighted by Gasteiger charge is -2.23. The SMILES string of the molecule is C/C(=C1/C=CC=CC1)c1ccc2c(c1)C(C)(C)c1cc(/C(N)=C3\C=CC=CC3)ccc1-2.CC.CC(N)C1=Cc2ccc3ccccc3c2CC1.CCCC.NCc1ccc2c(ccc3ccccc32)c1. The van der Waals surface area contributed by atoms with Crippen molar-refractivity contribution in [2.75, 3.05) is 0 Å². The molecule has 0 heterocycles. The number of benzene rings is 7. The van der Waals surface area contributed by atoms with Crippen molar-refractivity contribution in [2.45, 2.75) is 112 Å². The van der Waals surface area contributed by atoms with Gasteiger partial charge >= 0.3 is 0 Å². The molecule has 0 saturated carbocycles. The number of nitrogens with two attached hydrogens (primary N) is 3. The van der Waals surface area contributed by atoms with Crippen molar-refractivity contribution >= 4 is 49.7 Å². The molecule has 0 radical (unpaired) electrons. The van der Waals surface area contributed by atoms with E-state index in [-0.39, 0.29) is 11.5 Å². The average Bonchev–Trinajstić information content (AvgIpc) is 3.65. The lowest BCUT2D eigenvalue weighted by atomic mass is 9.80. The van der Waals surface area contributed by atoms with Gasteiger partial charge in [0.05, 0.1) is 0 Å². The van der Waals surface area contributed by atoms with Crippen LogP contribution < -0.4 is 17.2 Å². The van der Waals surface area contributed by atoms with Crippen LogP contribution in [0.5, 0.6) is 0 Å². The first kappa shape index (κ1) is 51.1. The molecular formula is C67H75N3. The van der Waals surface area contributed by atoms with Crippen molar-refractivity contribution in [1.29, 1.82) is 0 Å². The van der Waals surface area contributed by atoms with Crippen molar-refractivity contribution in [3.05, 3.63) is 232 Å². The summed E-state index contributed by atoms with van der Waals surface area (Å²) in [5.41, 5.74) is 36.2. The Bertz CT molecular complexity index is 3100. The quantitative estimate of drug-likeness (QED) is 0.151. The largest absolute Gasteiger partial charge is 0.398 e. The molecule has 7 aromatic rings. The van der Waals surface area contributed by atoms with E-state index in [1.807, 2.05) is 13.8 Å². The van der Waals surface area contributed by atoms with Gasteiger partial charge in [0.25, 0.3) is 0 Å². The van der Waals surface area contributed by atoms with Gasteiger partial charge in [-0.25, -0.2) is 0 Å². The number of fused-ring (bicyclic) bond motifs is 9. The van der Waals surface area contributed by atoms with E-state index in [9.17, 15) is 0 Å². The fourth-order valence-electron chi connectivity index (χ4n) is 9.87. The first-order valence-corrected chi connectivity index (χ1v) is 25.7. The summed E-state index contributed by atoms with van der Waals surface area (Å²) in [4.78, 5) is 0. The van der Waals surface area contributed by atoms with Crippen LogP contribution in [0.25, 0.3) is 60.8 Å². The number of unbranched alkanes of at least 4 members (excludes halogenated alkanes) is 1. The summed E-state index contributed by atoms with van der Waals surface area (Å²) < 4.78 is 0. The topological polar surface area (TPSA) is 78.1 Å². The van der Waals surface area contributed by atoms with E-state index >= 15 is 0 Å². The van der Waals surface area contributed by atoms with Gasteiger partial charge < -0.3 is 17.2 Å². The predicted molar refractivity (Wildman–Crippen MR) is 309 cm³/mol. The third kappa shape index (κ3) is 11.3. The van der Waals surface area contributed by atoms with E-state index in [1.165, 1.54) is 112 Å². The average molecular weight is 922 g/mol. The molecule has 1 atom stereocenters. The maximum Gasteiger partial charge on any atom is 0.0423 e. The van der Waals surface area contributed by atoms with Crippen LogP contribution >= 0.6 is 0 Å². The number of allylic oxidation sites excluding steroid dienone is 11. The third-order valence-corrected chi connectivity index (χ3v) is 14.2. The van der Waals surface area contributed by atoms with Gasteiger partial charge in [-0.2, -0.15) is 0 Å². The van der Waals surface area contributed by atoms with Crippen molar-refractivity contribution in [3.8, 4) is 11.1 Å². The fourth-order valence-corrected chi connectivity index (χ4v) is 9.87. The summed E-state index contributed by atoms with van der Waals surface area (Å²) in [6.45, 7) is 17.9. The Morgan fingerprint density at radius 2 is 1.16 bits per heavy atom. The zero-order valence-electron chi connectivity index (χ0n) is 43.1. The van der Waals surface area contributed by atoms with Crippen molar-refractivity contribution < 1.29 is 0 Å². The molecule has 7 aromatic carbocycles. The first-order valence-electron chi connectivity index (χ1n) is 25.7. The van der Waals surface area contributed by atoms with Gasteiger partial charge in [0, 0.05) is 23.7 Å². The highest BCUT2D eigenvalue weighted by Gasteiger charge is 2.36. The number of hydrogen-bond donors (Lipinski definition) is 3. The molecule has 3 nitrogen and oxygen atoms in total. The molecule has 70 heavy (non-hydrogen) atoms. The van der Waals surface area contributed by atoms with Crippen LogP contribution in [0.4, 0.5) is 0 Å². The van der Waals surface area contributed by atoms with Crippen LogP contribution in [-0.2, 0) is 18.4 Å². The zero-order valence-corrected chi connectivity index (χ0v) is 43.1. The van der Waals surface area contributed by atoms with Crippen LogP contribution in [0, 0.1) is 0 Å².